The van der Waals surface area contributed by atoms with Crippen LogP contribution in [0.5, 0.6) is 0 Å². The molecule has 2 N–H and O–H groups in total. The van der Waals surface area contributed by atoms with Gasteiger partial charge in [0.25, 0.3) is 5.91 Å². The lowest BCUT2D eigenvalue weighted by molar-refractivity contribution is -0.121. The summed E-state index contributed by atoms with van der Waals surface area (Å²) >= 11 is 0. The number of piperidine rings is 1. The monoisotopic (exact) mass is 397 g/mol. The lowest BCUT2D eigenvalue weighted by atomic mass is 9.91. The van der Waals surface area contributed by atoms with E-state index in [1.165, 1.54) is 18.2 Å². The highest BCUT2D eigenvalue weighted by atomic mass is 16.3. The summed E-state index contributed by atoms with van der Waals surface area (Å²) in [5, 5.41) is 5.66. The number of hydrogen-bond acceptors (Lipinski definition) is 4. The van der Waals surface area contributed by atoms with E-state index in [1.807, 2.05) is 6.07 Å². The second-order valence-electron chi connectivity index (χ2n) is 8.17. The fourth-order valence-corrected chi connectivity index (χ4v) is 4.11. The van der Waals surface area contributed by atoms with Gasteiger partial charge in [-0.1, -0.05) is 38.1 Å². The molecule has 2 amide bonds. The summed E-state index contributed by atoms with van der Waals surface area (Å²) in [6.07, 6.45) is 2.98. The summed E-state index contributed by atoms with van der Waals surface area (Å²) in [4.78, 5) is 26.5. The maximum atomic E-state index is 12.2. The van der Waals surface area contributed by atoms with Gasteiger partial charge in [0.15, 0.2) is 5.76 Å². The Balaban J connectivity index is 1.45. The standard InChI is InChI=1S/C23H31N3O3/c1-17-12-18(2)15-26(14-17)16-20-7-4-3-6-19(20)13-25-22(27)9-10-24-23(28)21-8-5-11-29-21/h3-8,11,17-18H,9-10,12-16H2,1-2H3,(H,24,28)(H,25,27)/t17-,18+. The molecule has 0 saturated carbocycles. The van der Waals surface area contributed by atoms with Gasteiger partial charge in [0.05, 0.1) is 6.26 Å². The van der Waals surface area contributed by atoms with Gasteiger partial charge in [0.2, 0.25) is 5.91 Å². The Bertz CT molecular complexity index is 793. The molecule has 1 aliphatic rings. The number of nitrogens with one attached hydrogen (secondary N) is 2. The highest BCUT2D eigenvalue weighted by Gasteiger charge is 2.22. The fraction of sp³-hybridized carbons (Fsp3) is 0.478. The predicted octanol–water partition coefficient (Wildman–Crippen LogP) is 3.19. The number of amides is 2. The average molecular weight is 398 g/mol. The molecule has 6 heteroatoms. The third-order valence-electron chi connectivity index (χ3n) is 5.32. The number of carbonyl (C=O) groups excluding carboxylic acids is 2. The van der Waals surface area contributed by atoms with Gasteiger partial charge in [-0.15, -0.1) is 0 Å². The number of nitrogens with zero attached hydrogens (tertiary/aromatic N) is 1. The molecule has 0 aliphatic carbocycles. The quantitative estimate of drug-likeness (QED) is 0.717. The molecule has 1 saturated heterocycles. The number of rotatable bonds is 8. The van der Waals surface area contributed by atoms with Crippen molar-refractivity contribution in [1.82, 2.24) is 15.5 Å². The van der Waals surface area contributed by atoms with E-state index in [-0.39, 0.29) is 30.5 Å². The van der Waals surface area contributed by atoms with Crippen LogP contribution in [0.3, 0.4) is 0 Å². The first kappa shape index (κ1) is 21.1. The first-order valence-corrected chi connectivity index (χ1v) is 10.4. The largest absolute Gasteiger partial charge is 0.459 e. The van der Waals surface area contributed by atoms with Crippen LogP contribution in [0, 0.1) is 11.8 Å². The molecule has 1 fully saturated rings. The van der Waals surface area contributed by atoms with Crippen molar-refractivity contribution in [3.8, 4) is 0 Å². The van der Waals surface area contributed by atoms with Crippen molar-refractivity contribution in [2.45, 2.75) is 39.8 Å². The second kappa shape index (κ2) is 10.3. The fourth-order valence-electron chi connectivity index (χ4n) is 4.11. The lowest BCUT2D eigenvalue weighted by Crippen LogP contribution is -2.38. The van der Waals surface area contributed by atoms with Crippen LogP contribution >= 0.6 is 0 Å². The number of hydrogen-bond donors (Lipinski definition) is 2. The summed E-state index contributed by atoms with van der Waals surface area (Å²) < 4.78 is 5.03. The van der Waals surface area contributed by atoms with Gasteiger partial charge < -0.3 is 15.1 Å². The van der Waals surface area contributed by atoms with Crippen LogP contribution in [-0.2, 0) is 17.9 Å². The van der Waals surface area contributed by atoms with Gasteiger partial charge in [-0.25, -0.2) is 0 Å². The minimum atomic E-state index is -0.307. The molecule has 2 atom stereocenters. The molecule has 0 unspecified atom stereocenters. The van der Waals surface area contributed by atoms with E-state index in [1.54, 1.807) is 12.1 Å². The van der Waals surface area contributed by atoms with E-state index < -0.39 is 0 Å². The summed E-state index contributed by atoms with van der Waals surface area (Å²) in [6, 6.07) is 11.5. The van der Waals surface area contributed by atoms with E-state index >= 15 is 0 Å². The van der Waals surface area contributed by atoms with Crippen LogP contribution in [0.1, 0.15) is 48.4 Å². The van der Waals surface area contributed by atoms with Crippen LogP contribution in [0.2, 0.25) is 0 Å². The molecule has 2 heterocycles. The SMILES string of the molecule is C[C@@H]1C[C@H](C)CN(Cc2ccccc2CNC(=O)CCNC(=O)c2ccco2)C1. The molecule has 156 valence electrons. The van der Waals surface area contributed by atoms with E-state index in [2.05, 4.69) is 47.6 Å². The summed E-state index contributed by atoms with van der Waals surface area (Å²) in [5.41, 5.74) is 2.41. The number of furan rings is 1. The summed E-state index contributed by atoms with van der Waals surface area (Å²) in [5.74, 6) is 1.31. The molecule has 3 rings (SSSR count). The van der Waals surface area contributed by atoms with Crippen LogP contribution in [-0.4, -0.2) is 36.3 Å². The molecule has 6 nitrogen and oxygen atoms in total. The molecule has 1 aliphatic heterocycles. The van der Waals surface area contributed by atoms with Crippen molar-refractivity contribution in [1.29, 1.82) is 0 Å². The van der Waals surface area contributed by atoms with E-state index in [0.717, 1.165) is 37.0 Å². The number of carbonyl (C=O) groups is 2. The van der Waals surface area contributed by atoms with Crippen LogP contribution in [0.15, 0.2) is 47.1 Å². The highest BCUT2D eigenvalue weighted by molar-refractivity contribution is 5.91. The molecule has 1 aromatic carbocycles. The predicted molar refractivity (Wildman–Crippen MR) is 112 cm³/mol. The van der Waals surface area contributed by atoms with Gasteiger partial charge in [-0.05, 0) is 41.5 Å². The smallest absolute Gasteiger partial charge is 0.286 e. The second-order valence-corrected chi connectivity index (χ2v) is 8.17. The van der Waals surface area contributed by atoms with Crippen molar-refractivity contribution >= 4 is 11.8 Å². The highest BCUT2D eigenvalue weighted by Crippen LogP contribution is 2.23. The number of benzene rings is 1. The van der Waals surface area contributed by atoms with Gasteiger partial charge >= 0.3 is 0 Å². The van der Waals surface area contributed by atoms with Gasteiger partial charge in [-0.2, -0.15) is 0 Å². The topological polar surface area (TPSA) is 74.6 Å². The maximum absolute atomic E-state index is 12.2. The lowest BCUT2D eigenvalue weighted by Gasteiger charge is -2.35. The molecule has 1 aromatic heterocycles. The minimum Gasteiger partial charge on any atom is -0.459 e. The Morgan fingerprint density at radius 1 is 1.03 bits per heavy atom. The zero-order valence-electron chi connectivity index (χ0n) is 17.3. The van der Waals surface area contributed by atoms with Crippen molar-refractivity contribution in [2.75, 3.05) is 19.6 Å². The van der Waals surface area contributed by atoms with E-state index in [4.69, 9.17) is 4.42 Å². The zero-order chi connectivity index (χ0) is 20.6. The van der Waals surface area contributed by atoms with Gasteiger partial charge in [0.1, 0.15) is 0 Å². The van der Waals surface area contributed by atoms with E-state index in [9.17, 15) is 9.59 Å². The first-order valence-electron chi connectivity index (χ1n) is 10.4. The Hall–Kier alpha value is -2.60. The Labute approximate surface area is 172 Å². The Kier molecular flexibility index (Phi) is 7.47. The van der Waals surface area contributed by atoms with Crippen molar-refractivity contribution in [2.24, 2.45) is 11.8 Å². The third-order valence-corrected chi connectivity index (χ3v) is 5.32. The molecule has 0 radical (unpaired) electrons. The first-order chi connectivity index (χ1) is 14.0. The van der Waals surface area contributed by atoms with E-state index in [0.29, 0.717) is 6.54 Å². The molecule has 0 spiro atoms. The normalized spacial score (nSPS) is 19.7. The summed E-state index contributed by atoms with van der Waals surface area (Å²) in [6.45, 7) is 8.58. The van der Waals surface area contributed by atoms with Gasteiger partial charge in [-0.3, -0.25) is 14.5 Å². The van der Waals surface area contributed by atoms with Crippen molar-refractivity contribution in [3.05, 3.63) is 59.5 Å². The van der Waals surface area contributed by atoms with Crippen molar-refractivity contribution in [3.63, 3.8) is 0 Å². The molecule has 0 bridgehead atoms. The van der Waals surface area contributed by atoms with Gasteiger partial charge in [0, 0.05) is 39.1 Å². The molecule has 29 heavy (non-hydrogen) atoms. The maximum Gasteiger partial charge on any atom is 0.286 e. The minimum absolute atomic E-state index is 0.0836. The Morgan fingerprint density at radius 2 is 1.76 bits per heavy atom. The van der Waals surface area contributed by atoms with Crippen LogP contribution < -0.4 is 10.6 Å². The Morgan fingerprint density at radius 3 is 2.45 bits per heavy atom. The van der Waals surface area contributed by atoms with Crippen molar-refractivity contribution < 1.29 is 14.0 Å². The zero-order valence-corrected chi connectivity index (χ0v) is 17.3. The molecular formula is C23H31N3O3. The van der Waals surface area contributed by atoms with Crippen LogP contribution in [0.4, 0.5) is 0 Å². The number of likely N-dealkylation sites (tertiary alicyclic amines) is 1. The molecular weight excluding hydrogens is 366 g/mol. The van der Waals surface area contributed by atoms with Crippen LogP contribution in [0.25, 0.3) is 0 Å². The molecule has 2 aromatic rings. The summed E-state index contributed by atoms with van der Waals surface area (Å²) in [7, 11) is 0. The average Bonchev–Trinajstić information content (AvgIpc) is 3.21. The third kappa shape index (κ3) is 6.46.